The Morgan fingerprint density at radius 3 is 2.59 bits per heavy atom. The van der Waals surface area contributed by atoms with Crippen LogP contribution in [0, 0.1) is 5.92 Å². The van der Waals surface area contributed by atoms with Crippen molar-refractivity contribution in [1.29, 1.82) is 0 Å². The molecule has 9 nitrogen and oxygen atoms in total. The minimum atomic E-state index is 0.0964. The maximum Gasteiger partial charge on any atom is 0.225 e. The van der Waals surface area contributed by atoms with Crippen LogP contribution in [0.1, 0.15) is 25.7 Å². The van der Waals surface area contributed by atoms with Gasteiger partial charge in [-0.15, -0.1) is 0 Å². The molecule has 2 saturated heterocycles. The summed E-state index contributed by atoms with van der Waals surface area (Å²) >= 11 is 0. The highest BCUT2D eigenvalue weighted by atomic mass is 16.5. The minimum Gasteiger partial charge on any atom is -0.374 e. The van der Waals surface area contributed by atoms with Gasteiger partial charge in [-0.1, -0.05) is 25.0 Å². The van der Waals surface area contributed by atoms with Gasteiger partial charge in [-0.2, -0.15) is 0 Å². The van der Waals surface area contributed by atoms with Crippen LogP contribution in [0.5, 0.6) is 0 Å². The van der Waals surface area contributed by atoms with Gasteiger partial charge in [0.25, 0.3) is 0 Å². The van der Waals surface area contributed by atoms with E-state index in [9.17, 15) is 4.79 Å². The molecule has 1 unspecified atom stereocenters. The highest BCUT2D eigenvalue weighted by molar-refractivity contribution is 5.88. The zero-order valence-electron chi connectivity index (χ0n) is 21.2. The fourth-order valence-electron chi connectivity index (χ4n) is 5.66. The number of amides is 1. The van der Waals surface area contributed by atoms with Gasteiger partial charge in [0.1, 0.15) is 5.52 Å². The zero-order valence-corrected chi connectivity index (χ0v) is 21.2. The first-order chi connectivity index (χ1) is 18.2. The molecular formula is C28H35N7O2. The number of anilines is 2. The van der Waals surface area contributed by atoms with E-state index in [1.807, 2.05) is 6.07 Å². The fraction of sp³-hybridized carbons (Fsp3) is 0.500. The van der Waals surface area contributed by atoms with Gasteiger partial charge in [-0.3, -0.25) is 9.78 Å². The van der Waals surface area contributed by atoms with Crippen molar-refractivity contribution in [3.05, 3.63) is 42.7 Å². The Morgan fingerprint density at radius 2 is 1.84 bits per heavy atom. The van der Waals surface area contributed by atoms with Crippen LogP contribution in [0.15, 0.2) is 42.7 Å². The normalized spacial score (nSPS) is 20.9. The van der Waals surface area contributed by atoms with Gasteiger partial charge in [0.05, 0.1) is 23.9 Å². The van der Waals surface area contributed by atoms with Crippen molar-refractivity contribution in [2.45, 2.75) is 31.8 Å². The van der Waals surface area contributed by atoms with Crippen LogP contribution < -0.4 is 15.5 Å². The maximum absolute atomic E-state index is 12.8. The lowest BCUT2D eigenvalue weighted by Gasteiger charge is -2.37. The van der Waals surface area contributed by atoms with Crippen LogP contribution >= 0.6 is 0 Å². The van der Waals surface area contributed by atoms with Gasteiger partial charge < -0.3 is 25.2 Å². The average Bonchev–Trinajstić information content (AvgIpc) is 3.51. The number of pyridine rings is 1. The lowest BCUT2D eigenvalue weighted by Crippen LogP contribution is -2.50. The zero-order chi connectivity index (χ0) is 25.0. The molecule has 9 heteroatoms. The van der Waals surface area contributed by atoms with Crippen LogP contribution in [-0.4, -0.2) is 84.3 Å². The fourth-order valence-corrected chi connectivity index (χ4v) is 5.66. The summed E-state index contributed by atoms with van der Waals surface area (Å²) in [7, 11) is 0. The van der Waals surface area contributed by atoms with E-state index < -0.39 is 0 Å². The van der Waals surface area contributed by atoms with E-state index in [1.165, 1.54) is 18.5 Å². The second-order valence-corrected chi connectivity index (χ2v) is 10.2. The molecule has 2 aliphatic heterocycles. The molecule has 2 N–H and O–H groups in total. The van der Waals surface area contributed by atoms with E-state index in [0.29, 0.717) is 12.5 Å². The SMILES string of the molecule is O=C(C1CCCC1)N1CCN(c2ccc(-c3cc4nccnc4c(NCC4CNCCO4)n3)cc2)CC1. The lowest BCUT2D eigenvalue weighted by molar-refractivity contribution is -0.135. The van der Waals surface area contributed by atoms with E-state index in [0.717, 1.165) is 86.8 Å². The summed E-state index contributed by atoms with van der Waals surface area (Å²) < 4.78 is 5.83. The molecule has 2 aromatic heterocycles. The minimum absolute atomic E-state index is 0.0964. The summed E-state index contributed by atoms with van der Waals surface area (Å²) in [5.74, 6) is 1.35. The van der Waals surface area contributed by atoms with Gasteiger partial charge in [-0.25, -0.2) is 9.97 Å². The average molecular weight is 502 g/mol. The number of morpholine rings is 1. The number of benzene rings is 1. The topological polar surface area (TPSA) is 95.5 Å². The predicted molar refractivity (Wildman–Crippen MR) is 145 cm³/mol. The Balaban J connectivity index is 1.14. The van der Waals surface area contributed by atoms with Crippen molar-refractivity contribution >= 4 is 28.4 Å². The Bertz CT molecular complexity index is 1210. The number of hydrogen-bond donors (Lipinski definition) is 2. The van der Waals surface area contributed by atoms with E-state index in [4.69, 9.17) is 9.72 Å². The van der Waals surface area contributed by atoms with E-state index in [1.54, 1.807) is 12.4 Å². The second kappa shape index (κ2) is 11.0. The van der Waals surface area contributed by atoms with Crippen molar-refractivity contribution in [1.82, 2.24) is 25.2 Å². The molecule has 6 rings (SSSR count). The van der Waals surface area contributed by atoms with Crippen LogP contribution in [0.2, 0.25) is 0 Å². The van der Waals surface area contributed by atoms with Gasteiger partial charge in [0, 0.05) is 75.4 Å². The molecule has 4 heterocycles. The van der Waals surface area contributed by atoms with E-state index >= 15 is 0 Å². The molecule has 0 radical (unpaired) electrons. The van der Waals surface area contributed by atoms with Crippen molar-refractivity contribution < 1.29 is 9.53 Å². The van der Waals surface area contributed by atoms with Gasteiger partial charge in [0.2, 0.25) is 5.91 Å². The van der Waals surface area contributed by atoms with Crippen molar-refractivity contribution in [2.75, 3.05) is 62.6 Å². The van der Waals surface area contributed by atoms with Gasteiger partial charge in [0.15, 0.2) is 5.82 Å². The highest BCUT2D eigenvalue weighted by Gasteiger charge is 2.29. The van der Waals surface area contributed by atoms with Gasteiger partial charge in [-0.05, 0) is 31.0 Å². The molecule has 0 spiro atoms. The number of aromatic nitrogens is 3. The van der Waals surface area contributed by atoms with E-state index in [-0.39, 0.29) is 12.0 Å². The largest absolute Gasteiger partial charge is 0.374 e. The Morgan fingerprint density at radius 1 is 1.05 bits per heavy atom. The van der Waals surface area contributed by atoms with Crippen molar-refractivity contribution in [3.8, 4) is 11.3 Å². The monoisotopic (exact) mass is 501 g/mol. The third-order valence-corrected chi connectivity index (χ3v) is 7.78. The summed E-state index contributed by atoms with van der Waals surface area (Å²) in [5, 5.41) is 6.81. The Labute approximate surface area is 217 Å². The molecule has 3 aliphatic rings. The molecule has 3 aromatic rings. The maximum atomic E-state index is 12.8. The van der Waals surface area contributed by atoms with Gasteiger partial charge >= 0.3 is 0 Å². The molecule has 1 aromatic carbocycles. The second-order valence-electron chi connectivity index (χ2n) is 10.2. The third kappa shape index (κ3) is 5.38. The number of carbonyl (C=O) groups is 1. The predicted octanol–water partition coefficient (Wildman–Crippen LogP) is 2.93. The number of carbonyl (C=O) groups excluding carboxylic acids is 1. The quantitative estimate of drug-likeness (QED) is 0.532. The van der Waals surface area contributed by atoms with Crippen LogP contribution in [-0.2, 0) is 9.53 Å². The van der Waals surface area contributed by atoms with Crippen LogP contribution in [0.4, 0.5) is 11.5 Å². The van der Waals surface area contributed by atoms with Crippen LogP contribution in [0.3, 0.4) is 0 Å². The molecule has 194 valence electrons. The smallest absolute Gasteiger partial charge is 0.225 e. The summed E-state index contributed by atoms with van der Waals surface area (Å²) in [4.78, 5) is 31.2. The molecule has 1 saturated carbocycles. The summed E-state index contributed by atoms with van der Waals surface area (Å²) in [6.45, 7) is 6.43. The molecule has 1 amide bonds. The number of rotatable bonds is 6. The summed E-state index contributed by atoms with van der Waals surface area (Å²) in [6, 6.07) is 10.5. The number of ether oxygens (including phenoxy) is 1. The highest BCUT2D eigenvalue weighted by Crippen LogP contribution is 2.29. The Hall–Kier alpha value is -3.30. The molecular weight excluding hydrogens is 466 g/mol. The molecule has 0 bridgehead atoms. The third-order valence-electron chi connectivity index (χ3n) is 7.78. The first-order valence-electron chi connectivity index (χ1n) is 13.6. The number of nitrogens with one attached hydrogen (secondary N) is 2. The first kappa shape index (κ1) is 24.1. The number of nitrogens with zero attached hydrogens (tertiary/aromatic N) is 5. The molecule has 3 fully saturated rings. The first-order valence-corrected chi connectivity index (χ1v) is 13.6. The van der Waals surface area contributed by atoms with Crippen molar-refractivity contribution in [2.24, 2.45) is 5.92 Å². The van der Waals surface area contributed by atoms with E-state index in [2.05, 4.69) is 54.7 Å². The standard InChI is InChI=1S/C28H35N7O2/c36-28(21-3-1-2-4-21)35-14-12-34(13-15-35)22-7-5-20(6-8-22)24-17-25-26(31-10-9-30-25)27(33-24)32-19-23-18-29-11-16-37-23/h5-10,17,21,23,29H,1-4,11-16,18-19H2,(H,32,33). The van der Waals surface area contributed by atoms with Crippen LogP contribution in [0.25, 0.3) is 22.3 Å². The number of hydrogen-bond acceptors (Lipinski definition) is 8. The molecule has 1 aliphatic carbocycles. The van der Waals surface area contributed by atoms with Crippen molar-refractivity contribution in [3.63, 3.8) is 0 Å². The number of fused-ring (bicyclic) bond motifs is 1. The molecule has 37 heavy (non-hydrogen) atoms. The summed E-state index contributed by atoms with van der Waals surface area (Å²) in [5.41, 5.74) is 4.64. The Kier molecular flexibility index (Phi) is 7.14. The molecule has 1 atom stereocenters. The number of piperazine rings is 1. The summed E-state index contributed by atoms with van der Waals surface area (Å²) in [6.07, 6.45) is 8.04. The lowest BCUT2D eigenvalue weighted by atomic mass is 10.1.